The fourth-order valence-corrected chi connectivity index (χ4v) is 1.55. The quantitative estimate of drug-likeness (QED) is 0.777. The maximum atomic E-state index is 3.42. The van der Waals surface area contributed by atoms with Gasteiger partial charge in [-0.25, -0.2) is 0 Å². The molecule has 2 nitrogen and oxygen atoms in total. The van der Waals surface area contributed by atoms with Gasteiger partial charge in [-0.1, -0.05) is 41.9 Å². The van der Waals surface area contributed by atoms with Gasteiger partial charge in [-0.15, -0.1) is 0 Å². The Labute approximate surface area is 101 Å². The van der Waals surface area contributed by atoms with Crippen LogP contribution in [0.2, 0.25) is 0 Å². The molecule has 0 atom stereocenters. The summed E-state index contributed by atoms with van der Waals surface area (Å²) in [5.74, 6) is 0. The van der Waals surface area contributed by atoms with Gasteiger partial charge in [-0.3, -0.25) is 0 Å². The van der Waals surface area contributed by atoms with Crippen LogP contribution in [0.5, 0.6) is 0 Å². The number of halogens is 1. The van der Waals surface area contributed by atoms with Gasteiger partial charge < -0.3 is 10.6 Å². The number of hydrogen-bond acceptors (Lipinski definition) is 2. The van der Waals surface area contributed by atoms with Crippen LogP contribution >= 0.6 is 15.9 Å². The Kier molecular flexibility index (Phi) is 5.91. The molecule has 0 radical (unpaired) electrons. The Hall–Kier alpha value is -0.380. The number of rotatable bonds is 6. The van der Waals surface area contributed by atoms with Gasteiger partial charge in [0.05, 0.1) is 0 Å². The number of benzene rings is 1. The van der Waals surface area contributed by atoms with Crippen LogP contribution in [-0.4, -0.2) is 19.1 Å². The van der Waals surface area contributed by atoms with E-state index < -0.39 is 0 Å². The summed E-state index contributed by atoms with van der Waals surface area (Å²) >= 11 is 3.42. The second-order valence-electron chi connectivity index (χ2n) is 3.91. The van der Waals surface area contributed by atoms with E-state index in [0.717, 1.165) is 24.1 Å². The van der Waals surface area contributed by atoms with Crippen LogP contribution in [0.3, 0.4) is 0 Å². The topological polar surface area (TPSA) is 24.1 Å². The molecule has 0 aromatic heterocycles. The lowest BCUT2D eigenvalue weighted by atomic mass is 10.2. The van der Waals surface area contributed by atoms with Crippen molar-refractivity contribution in [2.24, 2.45) is 0 Å². The molecule has 0 fully saturated rings. The summed E-state index contributed by atoms with van der Waals surface area (Å²) in [4.78, 5) is 0. The molecule has 0 spiro atoms. The molecule has 0 aliphatic carbocycles. The van der Waals surface area contributed by atoms with Crippen LogP contribution in [0, 0.1) is 0 Å². The van der Waals surface area contributed by atoms with E-state index in [9.17, 15) is 0 Å². The van der Waals surface area contributed by atoms with Gasteiger partial charge in [0.15, 0.2) is 0 Å². The number of hydrogen-bond donors (Lipinski definition) is 2. The van der Waals surface area contributed by atoms with Crippen LogP contribution in [0.15, 0.2) is 28.7 Å². The summed E-state index contributed by atoms with van der Waals surface area (Å²) in [5.41, 5.74) is 1.32. The Morgan fingerprint density at radius 2 is 1.80 bits per heavy atom. The van der Waals surface area contributed by atoms with Crippen LogP contribution in [-0.2, 0) is 6.54 Å². The number of nitrogens with one attached hydrogen (secondary N) is 2. The normalized spacial score (nSPS) is 10.9. The average molecular weight is 271 g/mol. The molecular formula is C12H19BrN2. The molecule has 0 bridgehead atoms. The molecule has 0 unspecified atom stereocenters. The first-order valence-corrected chi connectivity index (χ1v) is 6.16. The maximum absolute atomic E-state index is 3.42. The third-order valence-corrected chi connectivity index (χ3v) is 2.63. The zero-order valence-corrected chi connectivity index (χ0v) is 11.0. The van der Waals surface area contributed by atoms with Crippen LogP contribution in [0.25, 0.3) is 0 Å². The first kappa shape index (κ1) is 12.7. The zero-order chi connectivity index (χ0) is 11.1. The molecule has 0 heterocycles. The van der Waals surface area contributed by atoms with E-state index >= 15 is 0 Å². The van der Waals surface area contributed by atoms with Gasteiger partial charge >= 0.3 is 0 Å². The van der Waals surface area contributed by atoms with E-state index in [1.54, 1.807) is 0 Å². The molecule has 0 saturated carbocycles. The highest BCUT2D eigenvalue weighted by molar-refractivity contribution is 9.10. The van der Waals surface area contributed by atoms with E-state index in [4.69, 9.17) is 0 Å². The van der Waals surface area contributed by atoms with E-state index in [2.05, 4.69) is 64.7 Å². The highest BCUT2D eigenvalue weighted by Crippen LogP contribution is 2.09. The second kappa shape index (κ2) is 6.99. The van der Waals surface area contributed by atoms with E-state index in [0.29, 0.717) is 6.04 Å². The van der Waals surface area contributed by atoms with Crippen molar-refractivity contribution in [2.45, 2.75) is 26.4 Å². The standard InChI is InChI=1S/C12H19BrN2/c1-10(2)15-8-7-14-9-11-3-5-12(13)6-4-11/h3-6,10,14-15H,7-9H2,1-2H3. The molecule has 0 aliphatic heterocycles. The molecular weight excluding hydrogens is 252 g/mol. The Morgan fingerprint density at radius 1 is 1.13 bits per heavy atom. The van der Waals surface area contributed by atoms with Gasteiger partial charge in [-0.2, -0.15) is 0 Å². The Bertz CT molecular complexity index is 269. The molecule has 3 heteroatoms. The second-order valence-corrected chi connectivity index (χ2v) is 4.83. The first-order valence-electron chi connectivity index (χ1n) is 5.37. The summed E-state index contributed by atoms with van der Waals surface area (Å²) in [5, 5.41) is 6.77. The van der Waals surface area contributed by atoms with E-state index in [-0.39, 0.29) is 0 Å². The largest absolute Gasteiger partial charge is 0.313 e. The zero-order valence-electron chi connectivity index (χ0n) is 9.39. The summed E-state index contributed by atoms with van der Waals surface area (Å²) < 4.78 is 1.13. The van der Waals surface area contributed by atoms with E-state index in [1.807, 2.05) is 0 Å². The fourth-order valence-electron chi connectivity index (χ4n) is 1.28. The van der Waals surface area contributed by atoms with Crippen molar-refractivity contribution in [3.63, 3.8) is 0 Å². The molecule has 15 heavy (non-hydrogen) atoms. The van der Waals surface area contributed by atoms with Gasteiger partial charge in [-0.05, 0) is 17.7 Å². The Balaban J connectivity index is 2.12. The highest BCUT2D eigenvalue weighted by atomic mass is 79.9. The summed E-state index contributed by atoms with van der Waals surface area (Å²) in [6, 6.07) is 8.98. The van der Waals surface area contributed by atoms with Crippen LogP contribution in [0.1, 0.15) is 19.4 Å². The highest BCUT2D eigenvalue weighted by Gasteiger charge is 1.93. The molecule has 1 aromatic carbocycles. The predicted molar refractivity (Wildman–Crippen MR) is 69.0 cm³/mol. The lowest BCUT2D eigenvalue weighted by Gasteiger charge is -2.09. The third kappa shape index (κ3) is 5.92. The molecule has 84 valence electrons. The minimum Gasteiger partial charge on any atom is -0.313 e. The first-order chi connectivity index (χ1) is 7.18. The van der Waals surface area contributed by atoms with Crippen molar-refractivity contribution in [1.82, 2.24) is 10.6 Å². The summed E-state index contributed by atoms with van der Waals surface area (Å²) in [6.07, 6.45) is 0. The molecule has 0 aliphatic rings. The average Bonchev–Trinajstić information content (AvgIpc) is 2.20. The van der Waals surface area contributed by atoms with Crippen LogP contribution < -0.4 is 10.6 Å². The van der Waals surface area contributed by atoms with Crippen molar-refractivity contribution in [3.05, 3.63) is 34.3 Å². The summed E-state index contributed by atoms with van der Waals surface area (Å²) in [6.45, 7) is 7.29. The van der Waals surface area contributed by atoms with Gasteiger partial charge in [0.25, 0.3) is 0 Å². The molecule has 2 N–H and O–H groups in total. The molecule has 0 amide bonds. The monoisotopic (exact) mass is 270 g/mol. The van der Waals surface area contributed by atoms with Gasteiger partial charge in [0.2, 0.25) is 0 Å². The molecule has 1 rings (SSSR count). The Morgan fingerprint density at radius 3 is 2.40 bits per heavy atom. The predicted octanol–water partition coefficient (Wildman–Crippen LogP) is 2.54. The lowest BCUT2D eigenvalue weighted by molar-refractivity contribution is 0.555. The van der Waals surface area contributed by atoms with Crippen molar-refractivity contribution in [1.29, 1.82) is 0 Å². The summed E-state index contributed by atoms with van der Waals surface area (Å²) in [7, 11) is 0. The SMILES string of the molecule is CC(C)NCCNCc1ccc(Br)cc1. The smallest absolute Gasteiger partial charge is 0.0206 e. The molecule has 1 aromatic rings. The fraction of sp³-hybridized carbons (Fsp3) is 0.500. The van der Waals surface area contributed by atoms with Crippen molar-refractivity contribution < 1.29 is 0 Å². The molecule has 0 saturated heterocycles. The van der Waals surface area contributed by atoms with E-state index in [1.165, 1.54) is 5.56 Å². The van der Waals surface area contributed by atoms with Crippen molar-refractivity contribution in [3.8, 4) is 0 Å². The van der Waals surface area contributed by atoms with Gasteiger partial charge in [0.1, 0.15) is 0 Å². The van der Waals surface area contributed by atoms with Crippen molar-refractivity contribution in [2.75, 3.05) is 13.1 Å². The minimum atomic E-state index is 0.569. The van der Waals surface area contributed by atoms with Crippen LogP contribution in [0.4, 0.5) is 0 Å². The third-order valence-electron chi connectivity index (χ3n) is 2.10. The van der Waals surface area contributed by atoms with Gasteiger partial charge in [0, 0.05) is 30.1 Å². The minimum absolute atomic E-state index is 0.569. The lowest BCUT2D eigenvalue weighted by Crippen LogP contribution is -2.31. The maximum Gasteiger partial charge on any atom is 0.0206 e. The van der Waals surface area contributed by atoms with Crippen molar-refractivity contribution >= 4 is 15.9 Å².